The smallest absolute Gasteiger partial charge is 0.0681 e. The zero-order valence-electron chi connectivity index (χ0n) is 16.9. The summed E-state index contributed by atoms with van der Waals surface area (Å²) in [4.78, 5) is 0. The molecule has 0 bridgehead atoms. The molecule has 142 valence electrons. The maximum atomic E-state index is 8.54. The van der Waals surface area contributed by atoms with Gasteiger partial charge in [0, 0.05) is 26.2 Å². The predicted molar refractivity (Wildman–Crippen MR) is 98.3 cm³/mol. The van der Waals surface area contributed by atoms with Crippen molar-refractivity contribution in [1.82, 2.24) is 0 Å². The van der Waals surface area contributed by atoms with Crippen molar-refractivity contribution in [1.29, 1.82) is 0 Å². The van der Waals surface area contributed by atoms with Crippen molar-refractivity contribution in [3.63, 3.8) is 0 Å². The van der Waals surface area contributed by atoms with Gasteiger partial charge >= 0.3 is 0 Å². The second-order valence-electron chi connectivity index (χ2n) is 8.16. The first-order valence-electron chi connectivity index (χ1n) is 7.75. The van der Waals surface area contributed by atoms with Gasteiger partial charge in [-0.3, -0.25) is 0 Å². The minimum Gasteiger partial charge on any atom is -0.392 e. The van der Waals surface area contributed by atoms with Gasteiger partial charge < -0.3 is 20.4 Å². The molecular formula is C19H38O4Zr. The summed E-state index contributed by atoms with van der Waals surface area (Å²) in [6.07, 6.45) is 0. The van der Waals surface area contributed by atoms with Crippen LogP contribution in [-0.2, 0) is 32.8 Å². The first kappa shape index (κ1) is 31.7. The van der Waals surface area contributed by atoms with Crippen molar-refractivity contribution in [2.45, 2.75) is 85.7 Å². The summed E-state index contributed by atoms with van der Waals surface area (Å²) in [5.41, 5.74) is -0.535. The van der Waals surface area contributed by atoms with Gasteiger partial charge in [0.1, 0.15) is 0 Å². The van der Waals surface area contributed by atoms with E-state index in [4.69, 9.17) is 20.4 Å². The molecule has 0 amide bonds. The number of aliphatic hydroxyl groups excluding tert-OH is 1. The molecule has 5 heteroatoms. The van der Waals surface area contributed by atoms with Gasteiger partial charge in [0.25, 0.3) is 0 Å². The van der Waals surface area contributed by atoms with Crippen molar-refractivity contribution in [3.05, 3.63) is 35.9 Å². The average molecular weight is 422 g/mol. The van der Waals surface area contributed by atoms with Crippen molar-refractivity contribution in [2.75, 3.05) is 0 Å². The van der Waals surface area contributed by atoms with Crippen LogP contribution in [0, 0.1) is 0 Å². The molecule has 4 N–H and O–H groups in total. The molecule has 0 radical (unpaired) electrons. The van der Waals surface area contributed by atoms with E-state index in [-0.39, 0.29) is 32.8 Å². The molecule has 1 aromatic rings. The normalized spacial score (nSPS) is 10.5. The molecule has 4 nitrogen and oxygen atoms in total. The Kier molecular flexibility index (Phi) is 20.1. The summed E-state index contributed by atoms with van der Waals surface area (Å²) in [5.74, 6) is 0. The summed E-state index contributed by atoms with van der Waals surface area (Å²) in [6.45, 7) is 15.8. The molecule has 0 unspecified atom stereocenters. The van der Waals surface area contributed by atoms with E-state index in [0.29, 0.717) is 0 Å². The van der Waals surface area contributed by atoms with Crippen LogP contribution >= 0.6 is 0 Å². The number of hydrogen-bond acceptors (Lipinski definition) is 4. The van der Waals surface area contributed by atoms with Crippen LogP contribution in [0.1, 0.15) is 67.9 Å². The second-order valence-corrected chi connectivity index (χ2v) is 8.16. The van der Waals surface area contributed by atoms with Crippen LogP contribution < -0.4 is 0 Å². The molecule has 0 aliphatic carbocycles. The summed E-state index contributed by atoms with van der Waals surface area (Å²) < 4.78 is 0. The standard InChI is InChI=1S/C7H8O.3C4H10O.Zr/c8-6-7-4-2-1-3-5-7;3*1-4(2,3)5;/h1-5,8H,6H2;3*5H,1-3H3;. The Balaban J connectivity index is -0.000000113. The van der Waals surface area contributed by atoms with Crippen LogP contribution in [0.25, 0.3) is 0 Å². The first-order chi connectivity index (χ1) is 9.93. The van der Waals surface area contributed by atoms with Crippen molar-refractivity contribution in [3.8, 4) is 0 Å². The number of aliphatic hydroxyl groups is 4. The molecule has 0 aliphatic rings. The molecule has 0 heterocycles. The largest absolute Gasteiger partial charge is 0.392 e. The Labute approximate surface area is 168 Å². The Bertz CT molecular complexity index is 313. The Morgan fingerprint density at radius 2 is 0.833 bits per heavy atom. The molecule has 0 spiro atoms. The quantitative estimate of drug-likeness (QED) is 0.559. The summed E-state index contributed by atoms with van der Waals surface area (Å²) >= 11 is 0. The number of rotatable bonds is 1. The van der Waals surface area contributed by atoms with Crippen molar-refractivity contribution in [2.24, 2.45) is 0 Å². The van der Waals surface area contributed by atoms with Crippen LogP contribution in [0.4, 0.5) is 0 Å². The van der Waals surface area contributed by atoms with E-state index in [1.54, 1.807) is 62.3 Å². The zero-order valence-corrected chi connectivity index (χ0v) is 19.3. The Hall–Kier alpha value is -0.0569. The fraction of sp³-hybridized carbons (Fsp3) is 0.684. The average Bonchev–Trinajstić information content (AvgIpc) is 2.23. The van der Waals surface area contributed by atoms with Gasteiger partial charge in [-0.25, -0.2) is 0 Å². The minimum absolute atomic E-state index is 0. The van der Waals surface area contributed by atoms with Gasteiger partial charge in [-0.05, 0) is 67.9 Å². The minimum atomic E-state index is -0.500. The molecule has 0 atom stereocenters. The van der Waals surface area contributed by atoms with Crippen molar-refractivity contribution >= 4 is 0 Å². The molecule has 0 aliphatic heterocycles. The fourth-order valence-electron chi connectivity index (χ4n) is 0.583. The molecule has 24 heavy (non-hydrogen) atoms. The summed E-state index contributed by atoms with van der Waals surface area (Å²) in [6, 6.07) is 9.52. The van der Waals surface area contributed by atoms with Gasteiger partial charge in [0.2, 0.25) is 0 Å². The van der Waals surface area contributed by atoms with Crippen molar-refractivity contribution < 1.29 is 46.6 Å². The third kappa shape index (κ3) is 97.3. The third-order valence-corrected chi connectivity index (χ3v) is 1.03. The van der Waals surface area contributed by atoms with Gasteiger partial charge in [0.15, 0.2) is 0 Å². The Morgan fingerprint density at radius 3 is 0.958 bits per heavy atom. The Morgan fingerprint density at radius 1 is 0.625 bits per heavy atom. The molecule has 1 aromatic carbocycles. The van der Waals surface area contributed by atoms with Crippen LogP contribution in [-0.4, -0.2) is 37.2 Å². The zero-order chi connectivity index (χ0) is 19.3. The summed E-state index contributed by atoms with van der Waals surface area (Å²) in [7, 11) is 0. The van der Waals surface area contributed by atoms with Crippen LogP contribution in [0.2, 0.25) is 0 Å². The summed E-state index contributed by atoms with van der Waals surface area (Å²) in [5, 5.41) is 34.1. The predicted octanol–water partition coefficient (Wildman–Crippen LogP) is 3.51. The fourth-order valence-corrected chi connectivity index (χ4v) is 0.583. The molecule has 1 rings (SSSR count). The van der Waals surface area contributed by atoms with E-state index >= 15 is 0 Å². The van der Waals surface area contributed by atoms with Crippen LogP contribution in [0.3, 0.4) is 0 Å². The maximum Gasteiger partial charge on any atom is 0.0681 e. The van der Waals surface area contributed by atoms with E-state index < -0.39 is 16.8 Å². The molecule has 0 saturated heterocycles. The molecular weight excluding hydrogens is 383 g/mol. The van der Waals surface area contributed by atoms with Crippen LogP contribution in [0.15, 0.2) is 30.3 Å². The van der Waals surface area contributed by atoms with E-state index in [0.717, 1.165) is 5.56 Å². The first-order valence-corrected chi connectivity index (χ1v) is 7.75. The van der Waals surface area contributed by atoms with Gasteiger partial charge in [-0.1, -0.05) is 30.3 Å². The second kappa shape index (κ2) is 15.2. The SMILES string of the molecule is CC(C)(C)O.CC(C)(C)O.CC(C)(C)O.OCc1ccccc1.[Zr]. The van der Waals surface area contributed by atoms with Gasteiger partial charge in [-0.2, -0.15) is 0 Å². The molecule has 0 aromatic heterocycles. The maximum absolute atomic E-state index is 8.54. The third-order valence-electron chi connectivity index (χ3n) is 1.03. The molecule has 0 saturated carbocycles. The van der Waals surface area contributed by atoms with E-state index in [1.807, 2.05) is 30.3 Å². The van der Waals surface area contributed by atoms with Gasteiger partial charge in [-0.15, -0.1) is 0 Å². The monoisotopic (exact) mass is 420 g/mol. The van der Waals surface area contributed by atoms with Crippen LogP contribution in [0.5, 0.6) is 0 Å². The van der Waals surface area contributed by atoms with Gasteiger partial charge in [0.05, 0.1) is 23.4 Å². The topological polar surface area (TPSA) is 80.9 Å². The van der Waals surface area contributed by atoms with E-state index in [1.165, 1.54) is 0 Å². The van der Waals surface area contributed by atoms with E-state index in [9.17, 15) is 0 Å². The number of hydrogen-bond donors (Lipinski definition) is 4. The van der Waals surface area contributed by atoms with E-state index in [2.05, 4.69) is 0 Å². The molecule has 0 fully saturated rings. The number of benzene rings is 1.